The number of carbonyl (C=O) groups is 1. The number of nitrogens with one attached hydrogen (secondary N) is 1. The highest BCUT2D eigenvalue weighted by Crippen LogP contribution is 2.53. The minimum Gasteiger partial charge on any atom is -0.445 e. The summed E-state index contributed by atoms with van der Waals surface area (Å²) in [5.41, 5.74) is 0.910. The molecule has 0 spiro atoms. The van der Waals surface area contributed by atoms with Crippen LogP contribution in [0.25, 0.3) is 0 Å². The molecule has 1 amide bonds. The summed E-state index contributed by atoms with van der Waals surface area (Å²) in [5, 5.41) is 1.93. The summed E-state index contributed by atoms with van der Waals surface area (Å²) in [6.07, 6.45) is -0.559. The van der Waals surface area contributed by atoms with Crippen LogP contribution < -0.4 is 5.32 Å². The molecule has 0 saturated carbocycles. The van der Waals surface area contributed by atoms with Crippen molar-refractivity contribution < 1.29 is 18.8 Å². The van der Waals surface area contributed by atoms with Crippen molar-refractivity contribution in [3.63, 3.8) is 0 Å². The molecule has 1 aliphatic heterocycles. The molecule has 1 aromatic rings. The second kappa shape index (κ2) is 5.35. The number of alkyl carbamates (subject to hydrolysis) is 1. The third-order valence-corrected chi connectivity index (χ3v) is 5.69. The first-order valence-corrected chi connectivity index (χ1v) is 8.65. The van der Waals surface area contributed by atoms with Gasteiger partial charge in [0.1, 0.15) is 19.0 Å². The zero-order valence-electron chi connectivity index (χ0n) is 11.1. The molecule has 1 N–H and O–H groups in total. The molecule has 19 heavy (non-hydrogen) atoms. The summed E-state index contributed by atoms with van der Waals surface area (Å²) in [5.74, 6) is 0. The van der Waals surface area contributed by atoms with Crippen molar-refractivity contribution >= 4 is 13.2 Å². The van der Waals surface area contributed by atoms with Gasteiger partial charge in [-0.3, -0.25) is 0 Å². The molecule has 1 fully saturated rings. The highest BCUT2D eigenvalue weighted by atomic mass is 31.2. The topological polar surface area (TPSA) is 64.6 Å². The number of hydrogen-bond donors (Lipinski definition) is 1. The van der Waals surface area contributed by atoms with Gasteiger partial charge in [-0.15, -0.1) is 0 Å². The van der Waals surface area contributed by atoms with E-state index in [0.717, 1.165) is 5.56 Å². The Morgan fingerprint density at radius 2 is 2.00 bits per heavy atom. The van der Waals surface area contributed by atoms with E-state index < -0.39 is 18.5 Å². The van der Waals surface area contributed by atoms with Crippen molar-refractivity contribution in [3.05, 3.63) is 35.9 Å². The maximum atomic E-state index is 12.2. The zero-order chi connectivity index (χ0) is 13.9. The van der Waals surface area contributed by atoms with Crippen LogP contribution in [-0.2, 0) is 20.6 Å². The molecule has 0 radical (unpaired) electrons. The average Bonchev–Trinajstić information content (AvgIpc) is 2.31. The number of carbonyl (C=O) groups excluding carboxylic acids is 1. The molecule has 1 aromatic carbocycles. The molecule has 1 saturated heterocycles. The van der Waals surface area contributed by atoms with Crippen LogP contribution in [0.5, 0.6) is 0 Å². The van der Waals surface area contributed by atoms with E-state index in [0.29, 0.717) is 0 Å². The molecule has 104 valence electrons. The predicted molar refractivity (Wildman–Crippen MR) is 72.8 cm³/mol. The Labute approximate surface area is 112 Å². The lowest BCUT2D eigenvalue weighted by Crippen LogP contribution is -2.61. The van der Waals surface area contributed by atoms with Gasteiger partial charge in [0, 0.05) is 0 Å². The lowest BCUT2D eigenvalue weighted by Gasteiger charge is -2.44. The molecular weight excluding hydrogens is 265 g/mol. The number of hydrogen-bond acceptors (Lipinski definition) is 4. The third kappa shape index (κ3) is 3.17. The minimum atomic E-state index is -2.49. The Kier molecular flexibility index (Phi) is 3.97. The van der Waals surface area contributed by atoms with E-state index in [9.17, 15) is 9.36 Å². The Hall–Kier alpha value is -1.32. The van der Waals surface area contributed by atoms with Gasteiger partial charge in [-0.05, 0) is 18.9 Å². The van der Waals surface area contributed by atoms with Gasteiger partial charge >= 0.3 is 6.09 Å². The van der Waals surface area contributed by atoms with E-state index in [1.807, 2.05) is 30.3 Å². The summed E-state index contributed by atoms with van der Waals surface area (Å²) < 4.78 is 22.4. The molecule has 6 heteroatoms. The largest absolute Gasteiger partial charge is 0.445 e. The molecule has 2 rings (SSSR count). The van der Waals surface area contributed by atoms with E-state index >= 15 is 0 Å². The van der Waals surface area contributed by atoms with Crippen LogP contribution in [0.1, 0.15) is 5.56 Å². The zero-order valence-corrected chi connectivity index (χ0v) is 12.0. The first-order chi connectivity index (χ1) is 8.93. The lowest BCUT2D eigenvalue weighted by molar-refractivity contribution is -0.0298. The Morgan fingerprint density at radius 3 is 2.47 bits per heavy atom. The highest BCUT2D eigenvalue weighted by Gasteiger charge is 2.50. The fourth-order valence-electron chi connectivity index (χ4n) is 1.76. The number of benzene rings is 1. The predicted octanol–water partition coefficient (Wildman–Crippen LogP) is 2.26. The van der Waals surface area contributed by atoms with Crippen molar-refractivity contribution in [1.29, 1.82) is 0 Å². The van der Waals surface area contributed by atoms with Gasteiger partial charge in [-0.1, -0.05) is 30.3 Å². The second-order valence-electron chi connectivity index (χ2n) is 5.06. The van der Waals surface area contributed by atoms with Gasteiger partial charge in [-0.2, -0.15) is 0 Å². The maximum absolute atomic E-state index is 12.2. The van der Waals surface area contributed by atoms with Crippen LogP contribution in [0.15, 0.2) is 30.3 Å². The first kappa shape index (κ1) is 14.1. The van der Waals surface area contributed by atoms with Crippen LogP contribution in [0.3, 0.4) is 0 Å². The standard InChI is InChI=1S/C13H18NO4P/c1-19(2,16)13(9-17-10-13)14-12(15)18-8-11-6-4-3-5-7-11/h3-7H,8-10H2,1-2H3,(H,14,15). The van der Waals surface area contributed by atoms with Gasteiger partial charge in [0.15, 0.2) is 0 Å². The van der Waals surface area contributed by atoms with Crippen LogP contribution in [-0.4, -0.2) is 37.9 Å². The van der Waals surface area contributed by atoms with Crippen molar-refractivity contribution in [3.8, 4) is 0 Å². The van der Waals surface area contributed by atoms with E-state index in [2.05, 4.69) is 5.32 Å². The Morgan fingerprint density at radius 1 is 1.37 bits per heavy atom. The SMILES string of the molecule is CP(C)(=O)C1(NC(=O)OCc2ccccc2)COC1. The van der Waals surface area contributed by atoms with Crippen molar-refractivity contribution in [1.82, 2.24) is 5.32 Å². The van der Waals surface area contributed by atoms with E-state index in [-0.39, 0.29) is 19.8 Å². The summed E-state index contributed by atoms with van der Waals surface area (Å²) >= 11 is 0. The van der Waals surface area contributed by atoms with Gasteiger partial charge in [0.2, 0.25) is 0 Å². The molecule has 0 aliphatic carbocycles. The Balaban J connectivity index is 1.89. The fraction of sp³-hybridized carbons (Fsp3) is 0.462. The van der Waals surface area contributed by atoms with Crippen LogP contribution in [0.2, 0.25) is 0 Å². The number of rotatable bonds is 4. The average molecular weight is 283 g/mol. The van der Waals surface area contributed by atoms with Gasteiger partial charge in [-0.25, -0.2) is 4.79 Å². The second-order valence-corrected chi connectivity index (χ2v) is 8.62. The molecule has 0 bridgehead atoms. The smallest absolute Gasteiger partial charge is 0.408 e. The molecule has 1 aliphatic rings. The molecule has 0 unspecified atom stereocenters. The van der Waals surface area contributed by atoms with Crippen molar-refractivity contribution in [2.75, 3.05) is 26.5 Å². The van der Waals surface area contributed by atoms with Gasteiger partial charge < -0.3 is 19.4 Å². The molecule has 1 heterocycles. The monoisotopic (exact) mass is 283 g/mol. The maximum Gasteiger partial charge on any atom is 0.408 e. The minimum absolute atomic E-state index is 0.196. The summed E-state index contributed by atoms with van der Waals surface area (Å²) in [6, 6.07) is 9.41. The third-order valence-electron chi connectivity index (χ3n) is 3.26. The van der Waals surface area contributed by atoms with Crippen LogP contribution in [0.4, 0.5) is 4.79 Å². The summed E-state index contributed by atoms with van der Waals surface area (Å²) in [6.45, 7) is 4.04. The Bertz CT molecular complexity index is 493. The quantitative estimate of drug-likeness (QED) is 0.861. The normalized spacial score (nSPS) is 17.4. The lowest BCUT2D eigenvalue weighted by atomic mass is 10.2. The molecular formula is C13H18NO4P. The molecule has 5 nitrogen and oxygen atoms in total. The number of amides is 1. The fourth-order valence-corrected chi connectivity index (χ4v) is 2.93. The van der Waals surface area contributed by atoms with Gasteiger partial charge in [0.25, 0.3) is 0 Å². The first-order valence-electron chi connectivity index (χ1n) is 6.05. The summed E-state index contributed by atoms with van der Waals surface area (Å²) in [7, 11) is -2.49. The van der Waals surface area contributed by atoms with E-state index in [1.165, 1.54) is 0 Å². The van der Waals surface area contributed by atoms with Crippen molar-refractivity contribution in [2.45, 2.75) is 11.9 Å². The van der Waals surface area contributed by atoms with Crippen molar-refractivity contribution in [2.24, 2.45) is 0 Å². The van der Waals surface area contributed by atoms with E-state index in [4.69, 9.17) is 9.47 Å². The van der Waals surface area contributed by atoms with Crippen LogP contribution in [0, 0.1) is 0 Å². The van der Waals surface area contributed by atoms with Gasteiger partial charge in [0.05, 0.1) is 13.2 Å². The molecule has 0 atom stereocenters. The highest BCUT2D eigenvalue weighted by molar-refractivity contribution is 7.64. The number of ether oxygens (including phenoxy) is 2. The summed E-state index contributed by atoms with van der Waals surface area (Å²) in [4.78, 5) is 11.8. The van der Waals surface area contributed by atoms with Crippen LogP contribution >= 0.6 is 7.14 Å². The molecule has 0 aromatic heterocycles. The van der Waals surface area contributed by atoms with E-state index in [1.54, 1.807) is 13.3 Å².